The van der Waals surface area contributed by atoms with Crippen LogP contribution in [0.4, 0.5) is 11.8 Å². The van der Waals surface area contributed by atoms with Crippen LogP contribution in [0, 0.1) is 5.41 Å². The molecule has 4 aromatic rings. The van der Waals surface area contributed by atoms with Crippen molar-refractivity contribution in [3.8, 4) is 11.5 Å². The zero-order valence-corrected chi connectivity index (χ0v) is 21.8. The number of hydrogen-bond acceptors (Lipinski definition) is 7. The van der Waals surface area contributed by atoms with E-state index in [4.69, 9.17) is 20.2 Å². The van der Waals surface area contributed by atoms with Crippen LogP contribution < -0.4 is 25.4 Å². The van der Waals surface area contributed by atoms with E-state index in [2.05, 4.69) is 27.3 Å². The van der Waals surface area contributed by atoms with Gasteiger partial charge in [0, 0.05) is 31.1 Å². The summed E-state index contributed by atoms with van der Waals surface area (Å²) in [5.41, 5.74) is 8.74. The number of nitrogens with two attached hydrogens (primary N) is 1. The normalized spacial score (nSPS) is 14.7. The zero-order valence-electron chi connectivity index (χ0n) is 21.8. The minimum Gasteiger partial charge on any atom is -0.493 e. The molecule has 0 bridgehead atoms. The summed E-state index contributed by atoms with van der Waals surface area (Å²) in [4.78, 5) is 25.2. The van der Waals surface area contributed by atoms with Crippen molar-refractivity contribution in [1.29, 1.82) is 0 Å². The number of carbonyl (C=O) groups is 1. The van der Waals surface area contributed by atoms with Gasteiger partial charge in [-0.05, 0) is 36.5 Å². The van der Waals surface area contributed by atoms with Crippen molar-refractivity contribution in [2.24, 2.45) is 5.41 Å². The molecule has 1 aliphatic rings. The van der Waals surface area contributed by atoms with Gasteiger partial charge in [0.1, 0.15) is 5.82 Å². The summed E-state index contributed by atoms with van der Waals surface area (Å²) in [6.07, 6.45) is 2.03. The maximum Gasteiger partial charge on any atom is 0.227 e. The van der Waals surface area contributed by atoms with E-state index in [-0.39, 0.29) is 5.91 Å². The fourth-order valence-electron chi connectivity index (χ4n) is 5.18. The Morgan fingerprint density at radius 3 is 2.16 bits per heavy atom. The molecule has 0 aliphatic carbocycles. The lowest BCUT2D eigenvalue weighted by molar-refractivity contribution is -0.132. The lowest BCUT2D eigenvalue weighted by Gasteiger charge is -2.41. The number of anilines is 2. The third-order valence-corrected chi connectivity index (χ3v) is 7.39. The minimum atomic E-state index is -0.522. The Kier molecular flexibility index (Phi) is 7.31. The molecule has 0 unspecified atom stereocenters. The Labute approximate surface area is 222 Å². The molecule has 196 valence electrons. The standard InChI is InChI=1S/C30H33N5O3/c1-37-25-17-23-24(18-26(25)38-2)33-29(34-27(23)31)35-15-13-30(14-16-35,19-21-9-5-3-6-10-21)28(36)32-20-22-11-7-4-8-12-22/h3-12,17-18H,13-16,19-20H2,1-2H3,(H,32,36)(H2,31,33,34). The number of hydrogen-bond donors (Lipinski definition) is 2. The molecule has 38 heavy (non-hydrogen) atoms. The number of piperidine rings is 1. The Hall–Kier alpha value is -4.33. The molecule has 1 fully saturated rings. The van der Waals surface area contributed by atoms with Gasteiger partial charge in [-0.1, -0.05) is 60.7 Å². The fourth-order valence-corrected chi connectivity index (χ4v) is 5.18. The summed E-state index contributed by atoms with van der Waals surface area (Å²) in [6.45, 7) is 1.79. The predicted octanol–water partition coefficient (Wildman–Crippen LogP) is 4.37. The maximum absolute atomic E-state index is 13.7. The van der Waals surface area contributed by atoms with Crippen LogP contribution in [0.15, 0.2) is 72.8 Å². The molecule has 2 heterocycles. The zero-order chi connectivity index (χ0) is 26.5. The number of methoxy groups -OCH3 is 2. The summed E-state index contributed by atoms with van der Waals surface area (Å²) in [6, 6.07) is 23.8. The molecule has 1 amide bonds. The van der Waals surface area contributed by atoms with Crippen LogP contribution in [-0.4, -0.2) is 43.2 Å². The SMILES string of the molecule is COc1cc2nc(N3CCC(Cc4ccccc4)(C(=O)NCc4ccccc4)CC3)nc(N)c2cc1OC. The first kappa shape index (κ1) is 25.3. The van der Waals surface area contributed by atoms with Crippen molar-refractivity contribution in [2.45, 2.75) is 25.8 Å². The first-order valence-electron chi connectivity index (χ1n) is 12.8. The second-order valence-electron chi connectivity index (χ2n) is 9.73. The molecule has 3 aromatic carbocycles. The second kappa shape index (κ2) is 11.0. The minimum absolute atomic E-state index is 0.0839. The molecule has 8 nitrogen and oxygen atoms in total. The average Bonchev–Trinajstić information content (AvgIpc) is 2.96. The number of ether oxygens (including phenoxy) is 2. The lowest BCUT2D eigenvalue weighted by atomic mass is 9.73. The van der Waals surface area contributed by atoms with E-state index in [9.17, 15) is 4.79 Å². The highest BCUT2D eigenvalue weighted by atomic mass is 16.5. The monoisotopic (exact) mass is 511 g/mol. The topological polar surface area (TPSA) is 103 Å². The summed E-state index contributed by atoms with van der Waals surface area (Å²) in [5.74, 6) is 2.18. The van der Waals surface area contributed by atoms with Gasteiger partial charge in [-0.2, -0.15) is 4.98 Å². The van der Waals surface area contributed by atoms with Crippen LogP contribution in [0.1, 0.15) is 24.0 Å². The lowest BCUT2D eigenvalue weighted by Crippen LogP contribution is -2.50. The molecule has 1 aromatic heterocycles. The smallest absolute Gasteiger partial charge is 0.227 e. The largest absolute Gasteiger partial charge is 0.493 e. The van der Waals surface area contributed by atoms with Gasteiger partial charge in [0.15, 0.2) is 11.5 Å². The van der Waals surface area contributed by atoms with E-state index in [0.717, 1.165) is 11.1 Å². The molecule has 1 aliphatic heterocycles. The Morgan fingerprint density at radius 1 is 0.921 bits per heavy atom. The fraction of sp³-hybridized carbons (Fsp3) is 0.300. The Bertz CT molecular complexity index is 1400. The van der Waals surface area contributed by atoms with E-state index in [1.165, 1.54) is 0 Å². The molecule has 1 saturated heterocycles. The van der Waals surface area contributed by atoms with Gasteiger partial charge < -0.3 is 25.4 Å². The number of rotatable bonds is 8. The van der Waals surface area contributed by atoms with Crippen LogP contribution in [0.5, 0.6) is 11.5 Å². The summed E-state index contributed by atoms with van der Waals surface area (Å²) >= 11 is 0. The van der Waals surface area contributed by atoms with E-state index < -0.39 is 5.41 Å². The molecule has 3 N–H and O–H groups in total. The second-order valence-corrected chi connectivity index (χ2v) is 9.73. The van der Waals surface area contributed by atoms with Crippen molar-refractivity contribution in [1.82, 2.24) is 15.3 Å². The summed E-state index contributed by atoms with van der Waals surface area (Å²) < 4.78 is 10.9. The van der Waals surface area contributed by atoms with Gasteiger partial charge in [0.25, 0.3) is 0 Å². The van der Waals surface area contributed by atoms with Crippen LogP contribution in [0.2, 0.25) is 0 Å². The molecule has 0 spiro atoms. The first-order chi connectivity index (χ1) is 18.5. The third-order valence-electron chi connectivity index (χ3n) is 7.39. The van der Waals surface area contributed by atoms with E-state index in [1.54, 1.807) is 20.3 Å². The van der Waals surface area contributed by atoms with Crippen molar-refractivity contribution in [2.75, 3.05) is 37.9 Å². The maximum atomic E-state index is 13.7. The number of benzene rings is 3. The number of aromatic nitrogens is 2. The third kappa shape index (κ3) is 5.20. The Morgan fingerprint density at radius 2 is 1.53 bits per heavy atom. The molecule has 0 saturated carbocycles. The van der Waals surface area contributed by atoms with Gasteiger partial charge in [0.2, 0.25) is 11.9 Å². The number of amides is 1. The van der Waals surface area contributed by atoms with Crippen LogP contribution in [0.3, 0.4) is 0 Å². The first-order valence-corrected chi connectivity index (χ1v) is 12.8. The average molecular weight is 512 g/mol. The van der Waals surface area contributed by atoms with Crippen LogP contribution in [-0.2, 0) is 17.8 Å². The van der Waals surface area contributed by atoms with Crippen LogP contribution >= 0.6 is 0 Å². The molecule has 8 heteroatoms. The highest BCUT2D eigenvalue weighted by Gasteiger charge is 2.42. The number of nitrogen functional groups attached to an aromatic ring is 1. The molecule has 0 radical (unpaired) electrons. The van der Waals surface area contributed by atoms with Gasteiger partial charge >= 0.3 is 0 Å². The summed E-state index contributed by atoms with van der Waals surface area (Å²) in [5, 5.41) is 3.92. The molecule has 0 atom stereocenters. The molecule has 5 rings (SSSR count). The van der Waals surface area contributed by atoms with Gasteiger partial charge in [0.05, 0.1) is 25.2 Å². The van der Waals surface area contributed by atoms with E-state index in [0.29, 0.717) is 73.1 Å². The highest BCUT2D eigenvalue weighted by molar-refractivity contribution is 5.92. The van der Waals surface area contributed by atoms with E-state index >= 15 is 0 Å². The van der Waals surface area contributed by atoms with E-state index in [1.807, 2.05) is 54.6 Å². The number of carbonyl (C=O) groups excluding carboxylic acids is 1. The molecular weight excluding hydrogens is 478 g/mol. The number of nitrogens with one attached hydrogen (secondary N) is 1. The van der Waals surface area contributed by atoms with Gasteiger partial charge in [-0.15, -0.1) is 0 Å². The number of nitrogens with zero attached hydrogens (tertiary/aromatic N) is 3. The quantitative estimate of drug-likeness (QED) is 0.362. The van der Waals surface area contributed by atoms with Crippen molar-refractivity contribution >= 4 is 28.6 Å². The summed E-state index contributed by atoms with van der Waals surface area (Å²) in [7, 11) is 3.18. The number of fused-ring (bicyclic) bond motifs is 1. The van der Waals surface area contributed by atoms with Crippen molar-refractivity contribution < 1.29 is 14.3 Å². The van der Waals surface area contributed by atoms with Gasteiger partial charge in [-0.25, -0.2) is 4.98 Å². The van der Waals surface area contributed by atoms with Crippen LogP contribution in [0.25, 0.3) is 10.9 Å². The predicted molar refractivity (Wildman–Crippen MR) is 149 cm³/mol. The van der Waals surface area contributed by atoms with Crippen molar-refractivity contribution in [3.05, 3.63) is 83.9 Å². The van der Waals surface area contributed by atoms with Gasteiger partial charge in [-0.3, -0.25) is 4.79 Å². The van der Waals surface area contributed by atoms with Crippen molar-refractivity contribution in [3.63, 3.8) is 0 Å². The molecular formula is C30H33N5O3. The Balaban J connectivity index is 1.38. The highest BCUT2D eigenvalue weighted by Crippen LogP contribution is 2.38.